The maximum atomic E-state index is 12.6. The van der Waals surface area contributed by atoms with Crippen LogP contribution in [0.1, 0.15) is 29.3 Å². The van der Waals surface area contributed by atoms with Crippen LogP contribution in [-0.4, -0.2) is 23.5 Å². The fraction of sp³-hybridized carbons (Fsp3) is 0.160. The van der Waals surface area contributed by atoms with Crippen LogP contribution in [0, 0.1) is 0 Å². The summed E-state index contributed by atoms with van der Waals surface area (Å²) in [5.41, 5.74) is 2.64. The van der Waals surface area contributed by atoms with Crippen molar-refractivity contribution in [2.24, 2.45) is 0 Å². The molecule has 0 saturated heterocycles. The van der Waals surface area contributed by atoms with Crippen molar-refractivity contribution in [3.8, 4) is 5.75 Å². The number of ether oxygens (including phenoxy) is 1. The van der Waals surface area contributed by atoms with E-state index in [9.17, 15) is 9.59 Å². The standard InChI is InChI=1S/C25H24BrN3O3S/c1-2-13-32-22-12-11-18(15-21(22)26)24(31)29-25(33)28-20-10-6-9-19(16-20)27-23(30)14-17-7-4-3-5-8-17/h3-12,15-16H,2,13-14H2,1H3,(H,27,30)(H2,28,29,31,33). The van der Waals surface area contributed by atoms with E-state index in [1.54, 1.807) is 42.5 Å². The zero-order valence-electron chi connectivity index (χ0n) is 18.1. The molecule has 0 aliphatic heterocycles. The van der Waals surface area contributed by atoms with Gasteiger partial charge in [-0.05, 0) is 76.5 Å². The van der Waals surface area contributed by atoms with Crippen LogP contribution in [0.3, 0.4) is 0 Å². The molecule has 0 bridgehead atoms. The van der Waals surface area contributed by atoms with Gasteiger partial charge in [0.05, 0.1) is 17.5 Å². The second-order valence-corrected chi connectivity index (χ2v) is 8.46. The molecule has 170 valence electrons. The Morgan fingerprint density at radius 2 is 1.67 bits per heavy atom. The lowest BCUT2D eigenvalue weighted by Gasteiger charge is -2.12. The van der Waals surface area contributed by atoms with Gasteiger partial charge in [0.1, 0.15) is 5.75 Å². The van der Waals surface area contributed by atoms with Gasteiger partial charge in [-0.15, -0.1) is 0 Å². The highest BCUT2D eigenvalue weighted by atomic mass is 79.9. The number of carbonyl (C=O) groups excluding carboxylic acids is 2. The van der Waals surface area contributed by atoms with E-state index >= 15 is 0 Å². The summed E-state index contributed by atoms with van der Waals surface area (Å²) in [6, 6.07) is 21.7. The third-order valence-corrected chi connectivity index (χ3v) is 5.32. The zero-order valence-corrected chi connectivity index (χ0v) is 20.5. The van der Waals surface area contributed by atoms with Crippen molar-refractivity contribution >= 4 is 56.4 Å². The average Bonchev–Trinajstić information content (AvgIpc) is 2.79. The predicted octanol–water partition coefficient (Wildman–Crippen LogP) is 5.55. The van der Waals surface area contributed by atoms with Gasteiger partial charge in [0, 0.05) is 16.9 Å². The molecule has 0 fully saturated rings. The molecule has 6 nitrogen and oxygen atoms in total. The molecule has 0 saturated carbocycles. The summed E-state index contributed by atoms with van der Waals surface area (Å²) in [5.74, 6) is 0.217. The maximum absolute atomic E-state index is 12.6. The maximum Gasteiger partial charge on any atom is 0.257 e. The summed E-state index contributed by atoms with van der Waals surface area (Å²) in [4.78, 5) is 24.9. The second-order valence-electron chi connectivity index (χ2n) is 7.19. The molecule has 3 rings (SSSR count). The van der Waals surface area contributed by atoms with Crippen molar-refractivity contribution in [2.75, 3.05) is 17.2 Å². The normalized spacial score (nSPS) is 10.2. The van der Waals surface area contributed by atoms with E-state index in [-0.39, 0.29) is 23.3 Å². The van der Waals surface area contributed by atoms with Gasteiger partial charge in [0.25, 0.3) is 5.91 Å². The van der Waals surface area contributed by atoms with Gasteiger partial charge < -0.3 is 15.4 Å². The number of amides is 2. The Balaban J connectivity index is 1.55. The molecule has 0 heterocycles. The van der Waals surface area contributed by atoms with Crippen LogP contribution in [-0.2, 0) is 11.2 Å². The first-order valence-corrected chi connectivity index (χ1v) is 11.6. The van der Waals surface area contributed by atoms with Crippen molar-refractivity contribution in [1.29, 1.82) is 0 Å². The summed E-state index contributed by atoms with van der Waals surface area (Å²) in [6.45, 7) is 2.63. The molecule has 0 aliphatic carbocycles. The number of nitrogens with one attached hydrogen (secondary N) is 3. The van der Waals surface area contributed by atoms with Crippen LogP contribution in [0.5, 0.6) is 5.75 Å². The van der Waals surface area contributed by atoms with E-state index in [4.69, 9.17) is 17.0 Å². The largest absolute Gasteiger partial charge is 0.492 e. The lowest BCUT2D eigenvalue weighted by Crippen LogP contribution is -2.34. The second kappa shape index (κ2) is 12.1. The zero-order chi connectivity index (χ0) is 23.6. The number of anilines is 2. The van der Waals surface area contributed by atoms with Crippen molar-refractivity contribution < 1.29 is 14.3 Å². The van der Waals surface area contributed by atoms with Crippen LogP contribution >= 0.6 is 28.1 Å². The van der Waals surface area contributed by atoms with Crippen LogP contribution in [0.2, 0.25) is 0 Å². The minimum absolute atomic E-state index is 0.119. The summed E-state index contributed by atoms with van der Waals surface area (Å²) in [6.07, 6.45) is 1.18. The summed E-state index contributed by atoms with van der Waals surface area (Å²) in [5, 5.41) is 8.65. The van der Waals surface area contributed by atoms with Crippen molar-refractivity contribution in [3.63, 3.8) is 0 Å². The number of carbonyl (C=O) groups is 2. The quantitative estimate of drug-likeness (QED) is 0.336. The van der Waals surface area contributed by atoms with Crippen molar-refractivity contribution in [2.45, 2.75) is 19.8 Å². The van der Waals surface area contributed by atoms with E-state index < -0.39 is 0 Å². The smallest absolute Gasteiger partial charge is 0.257 e. The Morgan fingerprint density at radius 1 is 0.939 bits per heavy atom. The first-order chi connectivity index (χ1) is 15.9. The average molecular weight is 526 g/mol. The topological polar surface area (TPSA) is 79.5 Å². The minimum atomic E-state index is -0.345. The van der Waals surface area contributed by atoms with Crippen molar-refractivity contribution in [1.82, 2.24) is 5.32 Å². The minimum Gasteiger partial charge on any atom is -0.492 e. The molecule has 3 N–H and O–H groups in total. The van der Waals surface area contributed by atoms with Gasteiger partial charge in [0.2, 0.25) is 5.91 Å². The van der Waals surface area contributed by atoms with Crippen LogP contribution in [0.25, 0.3) is 0 Å². The molecular formula is C25H24BrN3O3S. The third kappa shape index (κ3) is 7.69. The van der Waals surface area contributed by atoms with Crippen LogP contribution < -0.4 is 20.7 Å². The molecule has 33 heavy (non-hydrogen) atoms. The Labute approximate surface area is 206 Å². The first-order valence-electron chi connectivity index (χ1n) is 10.4. The van der Waals surface area contributed by atoms with Gasteiger partial charge in [-0.1, -0.05) is 43.3 Å². The molecule has 0 radical (unpaired) electrons. The van der Waals surface area contributed by atoms with Gasteiger partial charge in [-0.25, -0.2) is 0 Å². The molecule has 3 aromatic carbocycles. The summed E-state index contributed by atoms with van der Waals surface area (Å²) < 4.78 is 6.30. The Morgan fingerprint density at radius 3 is 2.36 bits per heavy atom. The molecule has 0 spiro atoms. The lowest BCUT2D eigenvalue weighted by atomic mass is 10.1. The molecule has 2 amide bonds. The van der Waals surface area contributed by atoms with Gasteiger partial charge in [0.15, 0.2) is 5.11 Å². The van der Waals surface area contributed by atoms with Crippen molar-refractivity contribution in [3.05, 3.63) is 88.4 Å². The van der Waals surface area contributed by atoms with E-state index in [2.05, 4.69) is 31.9 Å². The van der Waals surface area contributed by atoms with E-state index in [1.165, 1.54) is 0 Å². The lowest BCUT2D eigenvalue weighted by molar-refractivity contribution is -0.115. The van der Waals surface area contributed by atoms with Gasteiger partial charge >= 0.3 is 0 Å². The fourth-order valence-electron chi connectivity index (χ4n) is 2.97. The van der Waals surface area contributed by atoms with Crippen LogP contribution in [0.15, 0.2) is 77.3 Å². The highest BCUT2D eigenvalue weighted by Crippen LogP contribution is 2.26. The first kappa shape index (κ1) is 24.4. The number of hydrogen-bond donors (Lipinski definition) is 3. The Bertz CT molecular complexity index is 1140. The number of rotatable bonds is 8. The molecule has 8 heteroatoms. The number of hydrogen-bond acceptors (Lipinski definition) is 4. The molecule has 0 aliphatic rings. The monoisotopic (exact) mass is 525 g/mol. The molecule has 3 aromatic rings. The van der Waals surface area contributed by atoms with E-state index in [0.717, 1.165) is 12.0 Å². The summed E-state index contributed by atoms with van der Waals surface area (Å²) in [7, 11) is 0. The Hall–Kier alpha value is -3.23. The van der Waals surface area contributed by atoms with E-state index in [1.807, 2.05) is 37.3 Å². The number of benzene rings is 3. The highest BCUT2D eigenvalue weighted by molar-refractivity contribution is 9.10. The predicted molar refractivity (Wildman–Crippen MR) is 139 cm³/mol. The molecular weight excluding hydrogens is 502 g/mol. The number of halogens is 1. The van der Waals surface area contributed by atoms with Gasteiger partial charge in [-0.2, -0.15) is 0 Å². The Kier molecular flexibility index (Phi) is 8.97. The number of thiocarbonyl (C=S) groups is 1. The molecule has 0 aromatic heterocycles. The van der Waals surface area contributed by atoms with E-state index in [0.29, 0.717) is 33.8 Å². The van der Waals surface area contributed by atoms with Crippen LogP contribution in [0.4, 0.5) is 11.4 Å². The fourth-order valence-corrected chi connectivity index (χ4v) is 3.67. The SMILES string of the molecule is CCCOc1ccc(C(=O)NC(=S)Nc2cccc(NC(=O)Cc3ccccc3)c2)cc1Br. The summed E-state index contributed by atoms with van der Waals surface area (Å²) >= 11 is 8.71. The third-order valence-electron chi connectivity index (χ3n) is 4.49. The molecule has 0 unspecified atom stereocenters. The highest BCUT2D eigenvalue weighted by Gasteiger charge is 2.11. The molecule has 0 atom stereocenters. The van der Waals surface area contributed by atoms with Gasteiger partial charge in [-0.3, -0.25) is 14.9 Å².